The van der Waals surface area contributed by atoms with Crippen LogP contribution in [0, 0.1) is 0 Å². The van der Waals surface area contributed by atoms with Crippen LogP contribution in [0.2, 0.25) is 0 Å². The maximum atomic E-state index is 12.1. The van der Waals surface area contributed by atoms with E-state index < -0.39 is 0 Å². The van der Waals surface area contributed by atoms with E-state index in [1.807, 2.05) is 13.8 Å². The van der Waals surface area contributed by atoms with Gasteiger partial charge in [-0.25, -0.2) is 9.97 Å². The zero-order valence-electron chi connectivity index (χ0n) is 12.8. The van der Waals surface area contributed by atoms with Crippen molar-refractivity contribution in [2.75, 3.05) is 0 Å². The molecule has 3 aromatic heterocycles. The highest BCUT2D eigenvalue weighted by atomic mass is 16.1. The molecule has 23 heavy (non-hydrogen) atoms. The molecular weight excluding hydrogens is 296 g/mol. The summed E-state index contributed by atoms with van der Waals surface area (Å²) in [4.78, 5) is 24.4. The fourth-order valence-corrected chi connectivity index (χ4v) is 1.90. The van der Waals surface area contributed by atoms with Crippen LogP contribution in [-0.2, 0) is 6.54 Å². The summed E-state index contributed by atoms with van der Waals surface area (Å²) in [5.41, 5.74) is 0.935. The Morgan fingerprint density at radius 3 is 2.96 bits per heavy atom. The molecule has 9 heteroatoms. The lowest BCUT2D eigenvalue weighted by Crippen LogP contribution is -2.24. The van der Waals surface area contributed by atoms with E-state index in [2.05, 4.69) is 35.6 Å². The van der Waals surface area contributed by atoms with Crippen LogP contribution in [0.5, 0.6) is 0 Å². The highest BCUT2D eigenvalue weighted by Crippen LogP contribution is 2.09. The van der Waals surface area contributed by atoms with Crippen molar-refractivity contribution < 1.29 is 4.79 Å². The molecule has 1 amide bonds. The first-order chi connectivity index (χ1) is 11.1. The molecule has 0 saturated carbocycles. The first-order valence-corrected chi connectivity index (χ1v) is 7.14. The average Bonchev–Trinajstić information content (AvgIpc) is 3.23. The number of H-pyrrole nitrogens is 1. The molecule has 2 N–H and O–H groups in total. The van der Waals surface area contributed by atoms with E-state index in [1.165, 1.54) is 0 Å². The monoisotopic (exact) mass is 312 g/mol. The van der Waals surface area contributed by atoms with Crippen LogP contribution in [0.3, 0.4) is 0 Å². The number of rotatable bonds is 5. The second-order valence-electron chi connectivity index (χ2n) is 5.15. The van der Waals surface area contributed by atoms with Crippen LogP contribution in [0.1, 0.15) is 36.2 Å². The summed E-state index contributed by atoms with van der Waals surface area (Å²) in [6, 6.07) is 1.89. The van der Waals surface area contributed by atoms with Crippen molar-refractivity contribution in [2.45, 2.75) is 26.4 Å². The van der Waals surface area contributed by atoms with E-state index in [0.717, 1.165) is 0 Å². The predicted octanol–water partition coefficient (Wildman–Crippen LogP) is 0.969. The van der Waals surface area contributed by atoms with E-state index in [0.29, 0.717) is 23.0 Å². The molecule has 0 aliphatic carbocycles. The number of nitrogens with one attached hydrogen (secondary N) is 2. The fraction of sp³-hybridized carbons (Fsp3) is 0.286. The number of nitrogens with zero attached hydrogens (tertiary/aromatic N) is 6. The molecule has 118 valence electrons. The molecule has 0 radical (unpaired) electrons. The second-order valence-corrected chi connectivity index (χ2v) is 5.15. The highest BCUT2D eigenvalue weighted by molar-refractivity contribution is 5.92. The van der Waals surface area contributed by atoms with E-state index in [1.54, 1.807) is 35.5 Å². The van der Waals surface area contributed by atoms with Crippen molar-refractivity contribution in [3.63, 3.8) is 0 Å². The minimum atomic E-state index is -0.262. The van der Waals surface area contributed by atoms with Gasteiger partial charge in [0.25, 0.3) is 5.91 Å². The molecule has 3 rings (SSSR count). The Morgan fingerprint density at radius 1 is 1.39 bits per heavy atom. The summed E-state index contributed by atoms with van der Waals surface area (Å²) in [5, 5.41) is 13.8. The third-order valence-corrected chi connectivity index (χ3v) is 3.11. The second kappa shape index (κ2) is 6.34. The largest absolute Gasteiger partial charge is 0.343 e. The molecule has 0 saturated heterocycles. The normalized spacial score (nSPS) is 10.9. The van der Waals surface area contributed by atoms with E-state index >= 15 is 0 Å². The standard InChI is InChI=1S/C14H16N8O/c1-9(2)22-6-3-10(21-22)14(23)17-8-12-18-13(20-19-12)11-7-15-4-5-16-11/h3-7,9H,8H2,1-2H3,(H,17,23)(H,18,19,20). The zero-order chi connectivity index (χ0) is 16.2. The molecule has 0 fully saturated rings. The molecule has 0 unspecified atom stereocenters. The van der Waals surface area contributed by atoms with E-state index in [9.17, 15) is 4.79 Å². The van der Waals surface area contributed by atoms with Gasteiger partial charge in [0, 0.05) is 24.6 Å². The molecule has 3 heterocycles. The van der Waals surface area contributed by atoms with Crippen LogP contribution in [-0.4, -0.2) is 40.8 Å². The molecule has 0 spiro atoms. The summed E-state index contributed by atoms with van der Waals surface area (Å²) in [6.07, 6.45) is 6.50. The number of aromatic nitrogens is 7. The van der Waals surface area contributed by atoms with Gasteiger partial charge in [-0.05, 0) is 19.9 Å². The number of hydrogen-bond donors (Lipinski definition) is 2. The predicted molar refractivity (Wildman–Crippen MR) is 81.2 cm³/mol. The fourth-order valence-electron chi connectivity index (χ4n) is 1.90. The Hall–Kier alpha value is -3.10. The minimum Gasteiger partial charge on any atom is -0.343 e. The van der Waals surface area contributed by atoms with Crippen LogP contribution < -0.4 is 5.32 Å². The maximum Gasteiger partial charge on any atom is 0.272 e. The van der Waals surface area contributed by atoms with Gasteiger partial charge >= 0.3 is 0 Å². The van der Waals surface area contributed by atoms with Crippen molar-refractivity contribution in [2.24, 2.45) is 0 Å². The van der Waals surface area contributed by atoms with Gasteiger partial charge < -0.3 is 5.32 Å². The number of aromatic amines is 1. The van der Waals surface area contributed by atoms with E-state index in [-0.39, 0.29) is 18.5 Å². The van der Waals surface area contributed by atoms with Crippen molar-refractivity contribution in [3.8, 4) is 11.5 Å². The van der Waals surface area contributed by atoms with Gasteiger partial charge in [0.1, 0.15) is 17.2 Å². The van der Waals surface area contributed by atoms with Gasteiger partial charge in [-0.15, -0.1) is 0 Å². The molecular formula is C14H16N8O. The van der Waals surface area contributed by atoms with Crippen molar-refractivity contribution in [1.29, 1.82) is 0 Å². The molecule has 0 bridgehead atoms. The van der Waals surface area contributed by atoms with Gasteiger partial charge in [0.05, 0.1) is 12.7 Å². The third kappa shape index (κ3) is 3.39. The van der Waals surface area contributed by atoms with Gasteiger partial charge in [0.15, 0.2) is 0 Å². The summed E-state index contributed by atoms with van der Waals surface area (Å²) in [6.45, 7) is 4.22. The van der Waals surface area contributed by atoms with Crippen LogP contribution in [0.25, 0.3) is 11.5 Å². The Morgan fingerprint density at radius 2 is 2.26 bits per heavy atom. The Balaban J connectivity index is 1.62. The number of carbonyl (C=O) groups is 1. The lowest BCUT2D eigenvalue weighted by atomic mass is 10.4. The highest BCUT2D eigenvalue weighted by Gasteiger charge is 2.12. The van der Waals surface area contributed by atoms with Gasteiger partial charge in [-0.2, -0.15) is 10.2 Å². The SMILES string of the molecule is CC(C)n1ccc(C(=O)NCc2nc(-c3cnccn3)n[nH]2)n1. The smallest absolute Gasteiger partial charge is 0.272 e. The molecule has 0 aromatic carbocycles. The lowest BCUT2D eigenvalue weighted by molar-refractivity contribution is 0.0944. The summed E-state index contributed by atoms with van der Waals surface area (Å²) < 4.78 is 1.73. The Bertz CT molecular complexity index is 792. The van der Waals surface area contributed by atoms with Gasteiger partial charge in [-0.1, -0.05) is 0 Å². The Labute approximate surface area is 132 Å². The topological polar surface area (TPSA) is 114 Å². The number of carbonyl (C=O) groups excluding carboxylic acids is 1. The van der Waals surface area contributed by atoms with Crippen LogP contribution in [0.15, 0.2) is 30.9 Å². The van der Waals surface area contributed by atoms with Gasteiger partial charge in [0.2, 0.25) is 5.82 Å². The average molecular weight is 312 g/mol. The molecule has 0 aliphatic rings. The first-order valence-electron chi connectivity index (χ1n) is 7.14. The first kappa shape index (κ1) is 14.8. The van der Waals surface area contributed by atoms with Crippen molar-refractivity contribution >= 4 is 5.91 Å². The zero-order valence-corrected chi connectivity index (χ0v) is 12.8. The quantitative estimate of drug-likeness (QED) is 0.725. The van der Waals surface area contributed by atoms with Crippen molar-refractivity contribution in [3.05, 3.63) is 42.4 Å². The molecule has 0 atom stereocenters. The summed E-state index contributed by atoms with van der Waals surface area (Å²) >= 11 is 0. The van der Waals surface area contributed by atoms with Crippen molar-refractivity contribution in [1.82, 2.24) is 40.2 Å². The lowest BCUT2D eigenvalue weighted by Gasteiger charge is -2.04. The van der Waals surface area contributed by atoms with E-state index in [4.69, 9.17) is 0 Å². The number of amides is 1. The summed E-state index contributed by atoms with van der Waals surface area (Å²) in [7, 11) is 0. The minimum absolute atomic E-state index is 0.209. The number of hydrogen-bond acceptors (Lipinski definition) is 6. The Kier molecular flexibility index (Phi) is 4.09. The van der Waals surface area contributed by atoms with Gasteiger partial charge in [-0.3, -0.25) is 19.6 Å². The molecule has 9 nitrogen and oxygen atoms in total. The maximum absolute atomic E-state index is 12.1. The third-order valence-electron chi connectivity index (χ3n) is 3.11. The van der Waals surface area contributed by atoms with Crippen LogP contribution in [0.4, 0.5) is 0 Å². The molecule has 3 aromatic rings. The summed E-state index contributed by atoms with van der Waals surface area (Å²) in [5.74, 6) is 0.704. The molecule has 0 aliphatic heterocycles. The van der Waals surface area contributed by atoms with Crippen LogP contribution >= 0.6 is 0 Å².